The molecule has 6 heteroatoms. The predicted molar refractivity (Wildman–Crippen MR) is 74.2 cm³/mol. The van der Waals surface area contributed by atoms with Crippen LogP contribution in [-0.2, 0) is 4.74 Å². The van der Waals surface area contributed by atoms with E-state index in [0.29, 0.717) is 5.75 Å². The van der Waals surface area contributed by atoms with E-state index in [4.69, 9.17) is 10.5 Å². The van der Waals surface area contributed by atoms with Crippen molar-refractivity contribution in [2.45, 2.75) is 0 Å². The Balaban J connectivity index is 2.26. The van der Waals surface area contributed by atoms with Gasteiger partial charge >= 0.3 is 5.97 Å². The molecule has 0 amide bonds. The molecule has 0 radical (unpaired) electrons. The minimum atomic E-state index is -0.527. The maximum atomic E-state index is 11.5. The molecule has 19 heavy (non-hydrogen) atoms. The lowest BCUT2D eigenvalue weighted by Crippen LogP contribution is -2.06. The van der Waals surface area contributed by atoms with Gasteiger partial charge in [-0.25, -0.2) is 9.78 Å². The number of esters is 1. The highest BCUT2D eigenvalue weighted by Crippen LogP contribution is 2.24. The molecule has 1 heterocycles. The second-order valence-corrected chi connectivity index (χ2v) is 4.57. The molecule has 0 saturated carbocycles. The van der Waals surface area contributed by atoms with Gasteiger partial charge in [-0.3, -0.25) is 0 Å². The Morgan fingerprint density at radius 3 is 2.63 bits per heavy atom. The maximum Gasteiger partial charge on any atom is 0.340 e. The van der Waals surface area contributed by atoms with Crippen molar-refractivity contribution in [3.63, 3.8) is 0 Å². The minimum absolute atomic E-state index is 0.226. The Hall–Kier alpha value is -2.08. The van der Waals surface area contributed by atoms with E-state index in [-0.39, 0.29) is 17.1 Å². The summed E-state index contributed by atoms with van der Waals surface area (Å²) in [6, 6.07) is 8.69. The quantitative estimate of drug-likeness (QED) is 0.879. The first-order chi connectivity index (χ1) is 9.10. The van der Waals surface area contributed by atoms with Crippen molar-refractivity contribution in [2.75, 3.05) is 12.8 Å². The summed E-state index contributed by atoms with van der Waals surface area (Å²) in [6.45, 7) is 0. The topological polar surface area (TPSA) is 74.4 Å². The van der Waals surface area contributed by atoms with Crippen molar-refractivity contribution in [3.8, 4) is 11.6 Å². The van der Waals surface area contributed by atoms with Gasteiger partial charge in [0.25, 0.3) is 0 Å². The second-order valence-electron chi connectivity index (χ2n) is 3.66. The van der Waals surface area contributed by atoms with E-state index in [9.17, 15) is 4.79 Å². The Morgan fingerprint density at radius 2 is 2.00 bits per heavy atom. The van der Waals surface area contributed by atoms with Crippen LogP contribution in [-0.4, -0.2) is 18.1 Å². The number of benzene rings is 1. The molecule has 0 atom stereocenters. The first kappa shape index (κ1) is 13.4. The number of halogens is 1. The van der Waals surface area contributed by atoms with E-state index in [2.05, 4.69) is 25.7 Å². The van der Waals surface area contributed by atoms with Crippen LogP contribution >= 0.6 is 15.9 Å². The molecule has 0 aliphatic heterocycles. The zero-order chi connectivity index (χ0) is 13.8. The third-order valence-corrected chi connectivity index (χ3v) is 2.88. The van der Waals surface area contributed by atoms with Crippen molar-refractivity contribution in [1.29, 1.82) is 0 Å². The largest absolute Gasteiger partial charge is 0.465 e. The summed E-state index contributed by atoms with van der Waals surface area (Å²) in [5, 5.41) is 0. The molecule has 2 aromatic rings. The highest BCUT2D eigenvalue weighted by atomic mass is 79.9. The molecule has 0 unspecified atom stereocenters. The van der Waals surface area contributed by atoms with Crippen LogP contribution in [0.1, 0.15) is 10.4 Å². The molecule has 5 nitrogen and oxygen atoms in total. The number of nitrogens with two attached hydrogens (primary N) is 1. The second kappa shape index (κ2) is 5.71. The summed E-state index contributed by atoms with van der Waals surface area (Å²) < 4.78 is 11.1. The van der Waals surface area contributed by atoms with Crippen LogP contribution in [0.25, 0.3) is 0 Å². The third-order valence-electron chi connectivity index (χ3n) is 2.35. The van der Waals surface area contributed by atoms with Crippen molar-refractivity contribution in [1.82, 2.24) is 4.98 Å². The van der Waals surface area contributed by atoms with E-state index in [1.54, 1.807) is 12.1 Å². The predicted octanol–water partition coefficient (Wildman–Crippen LogP) is 3.01. The Kier molecular flexibility index (Phi) is 4.01. The van der Waals surface area contributed by atoms with E-state index in [1.165, 1.54) is 19.4 Å². The van der Waals surface area contributed by atoms with Crippen LogP contribution in [0.4, 0.5) is 5.69 Å². The number of aromatic nitrogens is 1. The summed E-state index contributed by atoms with van der Waals surface area (Å²) >= 11 is 3.33. The van der Waals surface area contributed by atoms with Crippen LogP contribution in [0.15, 0.2) is 41.0 Å². The number of hydrogen-bond donors (Lipinski definition) is 1. The van der Waals surface area contributed by atoms with Crippen LogP contribution in [0.5, 0.6) is 11.6 Å². The number of hydrogen-bond acceptors (Lipinski definition) is 5. The standard InChI is InChI=1S/C13H11BrN2O3/c1-18-13(17)10-6-12(16-7-11(10)15)19-9-4-2-8(14)3-5-9/h2-7H,15H2,1H3. The van der Waals surface area contributed by atoms with Crippen LogP contribution in [0, 0.1) is 0 Å². The molecule has 2 rings (SSSR count). The number of anilines is 1. The van der Waals surface area contributed by atoms with E-state index >= 15 is 0 Å². The first-order valence-corrected chi connectivity index (χ1v) is 6.16. The van der Waals surface area contributed by atoms with E-state index in [1.807, 2.05) is 12.1 Å². The Labute approximate surface area is 118 Å². The fraction of sp³-hybridized carbons (Fsp3) is 0.0769. The molecular weight excluding hydrogens is 312 g/mol. The molecular formula is C13H11BrN2O3. The number of ether oxygens (including phenoxy) is 2. The van der Waals surface area contributed by atoms with Gasteiger partial charge in [0, 0.05) is 10.5 Å². The van der Waals surface area contributed by atoms with Crippen molar-refractivity contribution >= 4 is 27.6 Å². The molecule has 0 fully saturated rings. The van der Waals surface area contributed by atoms with Gasteiger partial charge in [0.1, 0.15) is 5.75 Å². The molecule has 2 N–H and O–H groups in total. The fourth-order valence-corrected chi connectivity index (χ4v) is 1.68. The van der Waals surface area contributed by atoms with E-state index in [0.717, 1.165) is 4.47 Å². The van der Waals surface area contributed by atoms with Crippen LogP contribution < -0.4 is 10.5 Å². The number of carbonyl (C=O) groups is 1. The first-order valence-electron chi connectivity index (χ1n) is 5.37. The number of nitrogen functional groups attached to an aromatic ring is 1. The zero-order valence-electron chi connectivity index (χ0n) is 10.1. The van der Waals surface area contributed by atoms with Gasteiger partial charge in [0.15, 0.2) is 0 Å². The van der Waals surface area contributed by atoms with E-state index < -0.39 is 5.97 Å². The molecule has 1 aromatic carbocycles. The zero-order valence-corrected chi connectivity index (χ0v) is 11.7. The van der Waals surface area contributed by atoms with Crippen molar-refractivity contribution < 1.29 is 14.3 Å². The SMILES string of the molecule is COC(=O)c1cc(Oc2ccc(Br)cc2)ncc1N. The number of rotatable bonds is 3. The number of pyridine rings is 1. The summed E-state index contributed by atoms with van der Waals surface area (Å²) in [4.78, 5) is 15.5. The molecule has 1 aromatic heterocycles. The summed E-state index contributed by atoms with van der Waals surface area (Å²) in [5.41, 5.74) is 6.13. The molecule has 0 saturated heterocycles. The summed E-state index contributed by atoms with van der Waals surface area (Å²) in [7, 11) is 1.29. The van der Waals surface area contributed by atoms with Gasteiger partial charge in [-0.1, -0.05) is 15.9 Å². The van der Waals surface area contributed by atoms with Gasteiger partial charge in [-0.05, 0) is 24.3 Å². The van der Waals surface area contributed by atoms with Gasteiger partial charge in [-0.15, -0.1) is 0 Å². The average molecular weight is 323 g/mol. The van der Waals surface area contributed by atoms with Gasteiger partial charge in [-0.2, -0.15) is 0 Å². The lowest BCUT2D eigenvalue weighted by atomic mass is 10.2. The monoisotopic (exact) mass is 322 g/mol. The summed E-state index contributed by atoms with van der Waals surface area (Å²) in [5.74, 6) is 0.355. The average Bonchev–Trinajstić information content (AvgIpc) is 2.42. The smallest absolute Gasteiger partial charge is 0.340 e. The van der Waals surface area contributed by atoms with Crippen LogP contribution in [0.2, 0.25) is 0 Å². The third kappa shape index (κ3) is 3.23. The van der Waals surface area contributed by atoms with Crippen LogP contribution in [0.3, 0.4) is 0 Å². The fourth-order valence-electron chi connectivity index (χ4n) is 1.41. The van der Waals surface area contributed by atoms with Gasteiger partial charge in [0.05, 0.1) is 24.6 Å². The maximum absolute atomic E-state index is 11.5. The van der Waals surface area contributed by atoms with Crippen molar-refractivity contribution in [3.05, 3.63) is 46.6 Å². The summed E-state index contributed by atoms with van der Waals surface area (Å²) in [6.07, 6.45) is 1.36. The molecule has 0 bridgehead atoms. The number of carbonyl (C=O) groups excluding carboxylic acids is 1. The lowest BCUT2D eigenvalue weighted by molar-refractivity contribution is 0.0601. The van der Waals surface area contributed by atoms with Gasteiger partial charge < -0.3 is 15.2 Å². The Morgan fingerprint density at radius 1 is 1.32 bits per heavy atom. The number of methoxy groups -OCH3 is 1. The van der Waals surface area contributed by atoms with Crippen molar-refractivity contribution in [2.24, 2.45) is 0 Å². The molecule has 98 valence electrons. The highest BCUT2D eigenvalue weighted by molar-refractivity contribution is 9.10. The number of nitrogens with zero attached hydrogens (tertiary/aromatic N) is 1. The lowest BCUT2D eigenvalue weighted by Gasteiger charge is -2.07. The Bertz CT molecular complexity index is 599. The highest BCUT2D eigenvalue weighted by Gasteiger charge is 2.12. The minimum Gasteiger partial charge on any atom is -0.465 e. The van der Waals surface area contributed by atoms with Gasteiger partial charge in [0.2, 0.25) is 5.88 Å². The molecule has 0 aliphatic carbocycles. The molecule has 0 aliphatic rings. The normalized spacial score (nSPS) is 10.0. The molecule has 0 spiro atoms.